The lowest BCUT2D eigenvalue weighted by atomic mass is 10.1. The Balaban J connectivity index is 1.63. The number of imide groups is 1. The summed E-state index contributed by atoms with van der Waals surface area (Å²) >= 11 is 0. The quantitative estimate of drug-likeness (QED) is 0.714. The van der Waals surface area contributed by atoms with Gasteiger partial charge >= 0.3 is 0 Å². The van der Waals surface area contributed by atoms with Crippen molar-refractivity contribution in [2.24, 2.45) is 0 Å². The van der Waals surface area contributed by atoms with E-state index in [1.54, 1.807) is 11.0 Å². The molecule has 0 unspecified atom stereocenters. The zero-order chi connectivity index (χ0) is 20.8. The van der Waals surface area contributed by atoms with Crippen LogP contribution in [0.25, 0.3) is 0 Å². The minimum atomic E-state index is -4.02. The molecule has 1 fully saturated rings. The minimum absolute atomic E-state index is 0.0115. The second-order valence-corrected chi connectivity index (χ2v) is 8.31. The number of carbonyl (C=O) groups excluding carboxylic acids is 3. The normalized spacial score (nSPS) is 16.0. The van der Waals surface area contributed by atoms with Crippen LogP contribution in [0.3, 0.4) is 0 Å². The van der Waals surface area contributed by atoms with Crippen LogP contribution in [0, 0.1) is 0 Å². The summed E-state index contributed by atoms with van der Waals surface area (Å²) in [4.78, 5) is 36.9. The van der Waals surface area contributed by atoms with Crippen molar-refractivity contribution in [2.75, 3.05) is 23.3 Å². The lowest BCUT2D eigenvalue weighted by molar-refractivity contribution is -0.117. The predicted molar refractivity (Wildman–Crippen MR) is 104 cm³/mol. The van der Waals surface area contributed by atoms with Crippen molar-refractivity contribution in [1.82, 2.24) is 5.32 Å². The monoisotopic (exact) mass is 415 g/mol. The molecule has 3 amide bonds. The summed E-state index contributed by atoms with van der Waals surface area (Å²) in [7, 11) is -2.58. The van der Waals surface area contributed by atoms with Crippen molar-refractivity contribution in [1.29, 1.82) is 0 Å². The van der Waals surface area contributed by atoms with Crippen LogP contribution in [0.4, 0.5) is 11.4 Å². The van der Waals surface area contributed by atoms with Gasteiger partial charge in [0.15, 0.2) is 0 Å². The van der Waals surface area contributed by atoms with Crippen molar-refractivity contribution in [2.45, 2.75) is 17.7 Å². The Bertz CT molecular complexity index is 1160. The first-order valence-electron chi connectivity index (χ1n) is 8.81. The Kier molecular flexibility index (Phi) is 4.50. The van der Waals surface area contributed by atoms with Crippen LogP contribution in [0.5, 0.6) is 5.75 Å². The number of sulfonamides is 1. The number of hydrogen-bond acceptors (Lipinski definition) is 6. The summed E-state index contributed by atoms with van der Waals surface area (Å²) in [5.74, 6) is -0.844. The zero-order valence-electron chi connectivity index (χ0n) is 15.4. The molecule has 150 valence electrons. The van der Waals surface area contributed by atoms with Gasteiger partial charge in [0.05, 0.1) is 34.5 Å². The Hall–Kier alpha value is -3.40. The third kappa shape index (κ3) is 3.31. The van der Waals surface area contributed by atoms with Gasteiger partial charge in [-0.2, -0.15) is 0 Å². The van der Waals surface area contributed by atoms with Gasteiger partial charge in [-0.1, -0.05) is 0 Å². The van der Waals surface area contributed by atoms with Crippen molar-refractivity contribution < 1.29 is 27.5 Å². The highest BCUT2D eigenvalue weighted by atomic mass is 32.2. The Labute approximate surface area is 166 Å². The van der Waals surface area contributed by atoms with Gasteiger partial charge in [-0.15, -0.1) is 0 Å². The van der Waals surface area contributed by atoms with Crippen LogP contribution in [0.2, 0.25) is 0 Å². The first-order chi connectivity index (χ1) is 13.8. The Morgan fingerprint density at radius 2 is 1.79 bits per heavy atom. The largest absolute Gasteiger partial charge is 0.494 e. The first kappa shape index (κ1) is 18.9. The van der Waals surface area contributed by atoms with Gasteiger partial charge in [-0.05, 0) is 36.8 Å². The topological polar surface area (TPSA) is 122 Å². The second-order valence-electron chi connectivity index (χ2n) is 6.63. The maximum absolute atomic E-state index is 12.7. The number of methoxy groups -OCH3 is 1. The lowest BCUT2D eigenvalue weighted by Gasteiger charge is -2.20. The molecule has 4 rings (SSSR count). The average molecular weight is 415 g/mol. The molecule has 9 nitrogen and oxygen atoms in total. The van der Waals surface area contributed by atoms with Gasteiger partial charge in [0.2, 0.25) is 5.91 Å². The number of hydrogen-bond donors (Lipinski definition) is 2. The van der Waals surface area contributed by atoms with Crippen LogP contribution in [0.1, 0.15) is 33.6 Å². The number of benzene rings is 2. The van der Waals surface area contributed by atoms with Gasteiger partial charge in [0.25, 0.3) is 21.8 Å². The van der Waals surface area contributed by atoms with E-state index >= 15 is 0 Å². The van der Waals surface area contributed by atoms with E-state index in [9.17, 15) is 22.8 Å². The van der Waals surface area contributed by atoms with Crippen molar-refractivity contribution in [3.63, 3.8) is 0 Å². The predicted octanol–water partition coefficient (Wildman–Crippen LogP) is 1.51. The maximum atomic E-state index is 12.7. The van der Waals surface area contributed by atoms with Crippen LogP contribution in [-0.2, 0) is 14.8 Å². The van der Waals surface area contributed by atoms with E-state index in [4.69, 9.17) is 4.74 Å². The third-order valence-electron chi connectivity index (χ3n) is 4.81. The second kappa shape index (κ2) is 6.89. The third-order valence-corrected chi connectivity index (χ3v) is 6.19. The Morgan fingerprint density at radius 1 is 1.03 bits per heavy atom. The van der Waals surface area contributed by atoms with Crippen molar-refractivity contribution in [3.05, 3.63) is 47.5 Å². The number of anilines is 2. The van der Waals surface area contributed by atoms with E-state index in [0.29, 0.717) is 24.4 Å². The molecular formula is C19H17N3O6S. The molecule has 2 aliphatic heterocycles. The average Bonchev–Trinajstić information content (AvgIpc) is 3.24. The minimum Gasteiger partial charge on any atom is -0.494 e. The van der Waals surface area contributed by atoms with Crippen LogP contribution in [-0.4, -0.2) is 39.8 Å². The van der Waals surface area contributed by atoms with Crippen LogP contribution in [0.15, 0.2) is 41.3 Å². The lowest BCUT2D eigenvalue weighted by Crippen LogP contribution is -2.24. The van der Waals surface area contributed by atoms with Gasteiger partial charge in [0.1, 0.15) is 5.75 Å². The van der Waals surface area contributed by atoms with Crippen molar-refractivity contribution >= 4 is 39.1 Å². The summed E-state index contributed by atoms with van der Waals surface area (Å²) in [6, 6.07) is 8.36. The van der Waals surface area contributed by atoms with E-state index in [1.165, 1.54) is 31.4 Å². The highest BCUT2D eigenvalue weighted by Gasteiger charge is 2.29. The molecule has 2 aromatic carbocycles. The number of fused-ring (bicyclic) bond motifs is 1. The summed E-state index contributed by atoms with van der Waals surface area (Å²) in [6.07, 6.45) is 1.22. The maximum Gasteiger partial charge on any atom is 0.261 e. The smallest absolute Gasteiger partial charge is 0.261 e. The highest BCUT2D eigenvalue weighted by Crippen LogP contribution is 2.34. The number of carbonyl (C=O) groups is 3. The van der Waals surface area contributed by atoms with Gasteiger partial charge in [0, 0.05) is 19.0 Å². The summed E-state index contributed by atoms with van der Waals surface area (Å²) in [6.45, 7) is 0.580. The number of nitrogens with zero attached hydrogens (tertiary/aromatic N) is 1. The fourth-order valence-corrected chi connectivity index (χ4v) is 4.47. The molecule has 1 saturated heterocycles. The van der Waals surface area contributed by atoms with Gasteiger partial charge in [-0.25, -0.2) is 8.42 Å². The fourth-order valence-electron chi connectivity index (χ4n) is 3.40. The standard InChI is InChI=1S/C19H17N3O6S/c1-28-16-9-11(4-7-15(16)22-8-2-3-17(22)23)21-29(26,27)12-5-6-13-14(10-12)19(25)20-18(13)24/h4-7,9-10,21H,2-3,8H2,1H3,(H,20,24,25). The van der Waals surface area contributed by atoms with E-state index in [1.807, 2.05) is 0 Å². The first-order valence-corrected chi connectivity index (χ1v) is 10.3. The van der Waals surface area contributed by atoms with E-state index < -0.39 is 21.8 Å². The molecule has 0 aromatic heterocycles. The number of ether oxygens (including phenoxy) is 1. The number of amides is 3. The summed E-state index contributed by atoms with van der Waals surface area (Å²) in [5, 5.41) is 2.12. The number of rotatable bonds is 5. The molecule has 0 spiro atoms. The van der Waals surface area contributed by atoms with E-state index in [-0.39, 0.29) is 27.6 Å². The van der Waals surface area contributed by atoms with Crippen LogP contribution >= 0.6 is 0 Å². The molecular weight excluding hydrogens is 398 g/mol. The molecule has 2 aromatic rings. The molecule has 0 aliphatic carbocycles. The molecule has 0 atom stereocenters. The van der Waals surface area contributed by atoms with E-state index in [2.05, 4.69) is 10.0 Å². The van der Waals surface area contributed by atoms with Crippen LogP contribution < -0.4 is 19.7 Å². The fraction of sp³-hybridized carbons (Fsp3) is 0.211. The molecule has 2 N–H and O–H groups in total. The molecule has 0 saturated carbocycles. The SMILES string of the molecule is COc1cc(NS(=O)(=O)c2ccc3c(c2)C(=O)NC3=O)ccc1N1CCCC1=O. The molecule has 2 aliphatic rings. The molecule has 10 heteroatoms. The molecule has 29 heavy (non-hydrogen) atoms. The molecule has 2 heterocycles. The highest BCUT2D eigenvalue weighted by molar-refractivity contribution is 7.92. The summed E-state index contributed by atoms with van der Waals surface area (Å²) < 4.78 is 33.3. The van der Waals surface area contributed by atoms with Gasteiger partial charge in [-0.3, -0.25) is 24.4 Å². The van der Waals surface area contributed by atoms with Gasteiger partial charge < -0.3 is 9.64 Å². The summed E-state index contributed by atoms with van der Waals surface area (Å²) in [5.41, 5.74) is 0.956. The molecule has 0 bridgehead atoms. The van der Waals surface area contributed by atoms with E-state index in [0.717, 1.165) is 12.5 Å². The Morgan fingerprint density at radius 3 is 2.48 bits per heavy atom. The van der Waals surface area contributed by atoms with Crippen molar-refractivity contribution in [3.8, 4) is 5.75 Å². The zero-order valence-corrected chi connectivity index (χ0v) is 16.2. The molecule has 0 radical (unpaired) electrons. The number of nitrogens with one attached hydrogen (secondary N) is 2.